The minimum Gasteiger partial charge on any atom is -0.492 e. The number of rotatable bonds is 11. The summed E-state index contributed by atoms with van der Waals surface area (Å²) in [7, 11) is 1.50. The van der Waals surface area contributed by atoms with E-state index < -0.39 is 23.7 Å². The molecule has 0 aliphatic heterocycles. The third-order valence-corrected chi connectivity index (χ3v) is 7.05. The number of amides is 1. The van der Waals surface area contributed by atoms with Crippen LogP contribution in [0.1, 0.15) is 37.5 Å². The van der Waals surface area contributed by atoms with Crippen molar-refractivity contribution in [3.05, 3.63) is 99.2 Å². The monoisotopic (exact) mass is 591 g/mol. The van der Waals surface area contributed by atoms with E-state index in [1.54, 1.807) is 49.6 Å². The minimum absolute atomic E-state index is 0.0776. The van der Waals surface area contributed by atoms with Crippen molar-refractivity contribution in [3.63, 3.8) is 0 Å². The van der Waals surface area contributed by atoms with Gasteiger partial charge in [0, 0.05) is 17.5 Å². The highest BCUT2D eigenvalue weighted by Gasteiger charge is 2.24. The van der Waals surface area contributed by atoms with Gasteiger partial charge in [0.2, 0.25) is 0 Å². The molecule has 0 saturated heterocycles. The first-order valence-corrected chi connectivity index (χ1v) is 14.1. The number of fused-ring (bicyclic) bond motifs is 1. The number of benzene rings is 3. The van der Waals surface area contributed by atoms with Gasteiger partial charge in [-0.15, -0.1) is 0 Å². The number of ether oxygens (including phenoxy) is 2. The summed E-state index contributed by atoms with van der Waals surface area (Å²) >= 11 is 1.16. The van der Waals surface area contributed by atoms with E-state index in [1.807, 2.05) is 48.5 Å². The molecule has 0 fully saturated rings. The van der Waals surface area contributed by atoms with Gasteiger partial charge in [-0.25, -0.2) is 9.59 Å². The molecule has 1 heterocycles. The Labute approximate surface area is 247 Å². The number of carboxylic acids is 1. The molecule has 10 nitrogen and oxygen atoms in total. The molecule has 0 spiro atoms. The van der Waals surface area contributed by atoms with Crippen LogP contribution in [0.4, 0.5) is 4.79 Å². The normalized spacial score (nSPS) is 12.5. The molecular weight excluding hydrogens is 558 g/mol. The van der Waals surface area contributed by atoms with Gasteiger partial charge in [0.25, 0.3) is 0 Å². The van der Waals surface area contributed by atoms with Crippen molar-refractivity contribution in [2.24, 2.45) is 5.16 Å². The number of aliphatic carboxylic acids is 1. The fourth-order valence-electron chi connectivity index (χ4n) is 4.25. The number of carboxylic acid groups (broad SMARTS) is 1. The van der Waals surface area contributed by atoms with E-state index in [1.165, 1.54) is 7.11 Å². The lowest BCUT2D eigenvalue weighted by Gasteiger charge is -2.22. The van der Waals surface area contributed by atoms with Crippen molar-refractivity contribution in [2.45, 2.75) is 45.4 Å². The van der Waals surface area contributed by atoms with Crippen LogP contribution in [0.2, 0.25) is 0 Å². The van der Waals surface area contributed by atoms with Gasteiger partial charge in [-0.3, -0.25) is 9.36 Å². The first kappa shape index (κ1) is 30.3. The molecule has 220 valence electrons. The van der Waals surface area contributed by atoms with Gasteiger partial charge in [0.15, 0.2) is 0 Å². The van der Waals surface area contributed by atoms with E-state index in [-0.39, 0.29) is 17.9 Å². The lowest BCUT2D eigenvalue weighted by molar-refractivity contribution is -0.139. The fraction of sp³-hybridized carbons (Fsp3) is 0.290. The first-order chi connectivity index (χ1) is 20.0. The Hall–Kier alpha value is -4.64. The van der Waals surface area contributed by atoms with E-state index in [0.29, 0.717) is 23.6 Å². The summed E-state index contributed by atoms with van der Waals surface area (Å²) in [6.07, 6.45) is -0.712. The number of carbonyl (C=O) groups excluding carboxylic acids is 1. The molecule has 1 aromatic heterocycles. The molecule has 1 amide bonds. The predicted octanol–water partition coefficient (Wildman–Crippen LogP) is 5.06. The van der Waals surface area contributed by atoms with Gasteiger partial charge >= 0.3 is 16.9 Å². The van der Waals surface area contributed by atoms with Crippen LogP contribution in [0, 0.1) is 0 Å². The number of nitrogens with one attached hydrogen (secondary N) is 1. The quantitative estimate of drug-likeness (QED) is 0.184. The van der Waals surface area contributed by atoms with Crippen molar-refractivity contribution < 1.29 is 29.0 Å². The standard InChI is InChI=1S/C31H33N3O7S/c1-31(2,3)41-29(37)32-24(28(35)36)18-20-10-13-23(14-11-20)40-17-16-34-25-15-12-22(19-26(25)42-30(34)38)27(33-39-4)21-8-6-5-7-9-21/h5-15,19,24H,16-18H2,1-4H3,(H,32,37)(H,35,36)/b33-27+/t24-/m0/s1. The Bertz CT molecular complexity index is 1620. The van der Waals surface area contributed by atoms with Crippen molar-refractivity contribution in [2.75, 3.05) is 13.7 Å². The average Bonchev–Trinajstić information content (AvgIpc) is 3.25. The third-order valence-electron chi connectivity index (χ3n) is 6.11. The molecule has 4 rings (SSSR count). The number of oxime groups is 1. The van der Waals surface area contributed by atoms with Gasteiger partial charge in [-0.2, -0.15) is 0 Å². The summed E-state index contributed by atoms with van der Waals surface area (Å²) in [4.78, 5) is 41.5. The van der Waals surface area contributed by atoms with Crippen LogP contribution in [-0.2, 0) is 27.3 Å². The zero-order chi connectivity index (χ0) is 30.3. The van der Waals surface area contributed by atoms with Gasteiger partial charge in [-0.05, 0) is 50.6 Å². The second kappa shape index (κ2) is 13.3. The van der Waals surface area contributed by atoms with E-state index in [9.17, 15) is 19.5 Å². The molecule has 0 aliphatic rings. The maximum absolute atomic E-state index is 12.8. The molecule has 42 heavy (non-hydrogen) atoms. The highest BCUT2D eigenvalue weighted by molar-refractivity contribution is 7.16. The van der Waals surface area contributed by atoms with Crippen LogP contribution in [0.5, 0.6) is 5.75 Å². The van der Waals surface area contributed by atoms with Crippen LogP contribution in [0.15, 0.2) is 82.7 Å². The Morgan fingerprint density at radius 1 is 1.02 bits per heavy atom. The van der Waals surface area contributed by atoms with Gasteiger partial charge in [-0.1, -0.05) is 65.0 Å². The number of aromatic nitrogens is 1. The van der Waals surface area contributed by atoms with Crippen LogP contribution in [0.25, 0.3) is 10.2 Å². The zero-order valence-corrected chi connectivity index (χ0v) is 24.6. The Balaban J connectivity index is 1.38. The molecule has 3 aromatic carbocycles. The first-order valence-electron chi connectivity index (χ1n) is 13.3. The van der Waals surface area contributed by atoms with Gasteiger partial charge < -0.3 is 24.7 Å². The SMILES string of the molecule is CO/N=C(\c1ccccc1)c1ccc2c(c1)sc(=O)n2CCOc1ccc(C[C@H](NC(=O)OC(C)(C)C)C(=O)O)cc1. The summed E-state index contributed by atoms with van der Waals surface area (Å²) in [5.41, 5.74) is 3.19. The number of thiazole rings is 1. The van der Waals surface area contributed by atoms with Gasteiger partial charge in [0.05, 0.1) is 16.8 Å². The molecule has 0 bridgehead atoms. The average molecular weight is 592 g/mol. The van der Waals surface area contributed by atoms with Crippen LogP contribution in [0.3, 0.4) is 0 Å². The molecule has 4 aromatic rings. The number of alkyl carbamates (subject to hydrolysis) is 1. The summed E-state index contributed by atoms with van der Waals surface area (Å²) in [5, 5.41) is 16.1. The third kappa shape index (κ3) is 7.97. The summed E-state index contributed by atoms with van der Waals surface area (Å²) < 4.78 is 13.5. The second-order valence-electron chi connectivity index (χ2n) is 10.4. The van der Waals surface area contributed by atoms with Crippen molar-refractivity contribution in [1.29, 1.82) is 0 Å². The molecule has 0 unspecified atom stereocenters. The molecule has 2 N–H and O–H groups in total. The highest BCUT2D eigenvalue weighted by Crippen LogP contribution is 2.22. The molecule has 1 atom stereocenters. The maximum atomic E-state index is 12.8. The second-order valence-corrected chi connectivity index (χ2v) is 11.4. The van der Waals surface area contributed by atoms with Crippen LogP contribution < -0.4 is 14.9 Å². The Morgan fingerprint density at radius 2 is 1.74 bits per heavy atom. The lowest BCUT2D eigenvalue weighted by Crippen LogP contribution is -2.44. The summed E-state index contributed by atoms with van der Waals surface area (Å²) in [6, 6.07) is 21.2. The van der Waals surface area contributed by atoms with E-state index in [4.69, 9.17) is 14.3 Å². The minimum atomic E-state index is -1.16. The Kier molecular flexibility index (Phi) is 9.64. The fourth-order valence-corrected chi connectivity index (χ4v) is 5.20. The molecule has 0 saturated carbocycles. The molecular formula is C31H33N3O7S. The number of carbonyl (C=O) groups is 2. The van der Waals surface area contributed by atoms with E-state index in [0.717, 1.165) is 32.7 Å². The highest BCUT2D eigenvalue weighted by atomic mass is 32.1. The van der Waals surface area contributed by atoms with E-state index in [2.05, 4.69) is 10.5 Å². The number of nitrogens with zero attached hydrogens (tertiary/aromatic N) is 2. The molecule has 0 radical (unpaired) electrons. The van der Waals surface area contributed by atoms with Crippen LogP contribution in [-0.4, -0.2) is 52.8 Å². The van der Waals surface area contributed by atoms with Crippen molar-refractivity contribution in [3.8, 4) is 5.75 Å². The topological polar surface area (TPSA) is 128 Å². The maximum Gasteiger partial charge on any atom is 0.408 e. The van der Waals surface area contributed by atoms with Gasteiger partial charge in [0.1, 0.15) is 36.8 Å². The largest absolute Gasteiger partial charge is 0.492 e. The van der Waals surface area contributed by atoms with Crippen molar-refractivity contribution >= 4 is 39.3 Å². The van der Waals surface area contributed by atoms with Crippen LogP contribution >= 0.6 is 11.3 Å². The molecule has 0 aliphatic carbocycles. The smallest absolute Gasteiger partial charge is 0.408 e. The van der Waals surface area contributed by atoms with Crippen molar-refractivity contribution in [1.82, 2.24) is 9.88 Å². The zero-order valence-electron chi connectivity index (χ0n) is 23.8. The van der Waals surface area contributed by atoms with E-state index >= 15 is 0 Å². The number of hydrogen-bond acceptors (Lipinski definition) is 8. The summed E-state index contributed by atoms with van der Waals surface area (Å²) in [5.74, 6) is -0.590. The lowest BCUT2D eigenvalue weighted by atomic mass is 10.0. The number of hydrogen-bond donors (Lipinski definition) is 2. The molecule has 11 heteroatoms. The summed E-state index contributed by atoms with van der Waals surface area (Å²) in [6.45, 7) is 5.71. The Morgan fingerprint density at radius 3 is 2.38 bits per heavy atom. The predicted molar refractivity (Wildman–Crippen MR) is 162 cm³/mol.